The number of nitrogens with one attached hydrogen (secondary N) is 1. The van der Waals surface area contributed by atoms with Crippen molar-refractivity contribution < 1.29 is 9.90 Å². The first-order chi connectivity index (χ1) is 11.5. The van der Waals surface area contributed by atoms with Gasteiger partial charge in [0.15, 0.2) is 5.78 Å². The van der Waals surface area contributed by atoms with Crippen molar-refractivity contribution in [2.24, 2.45) is 0 Å². The summed E-state index contributed by atoms with van der Waals surface area (Å²) in [5.74, 6) is 0.352. The number of unbranched alkanes of at least 4 members (excludes halogenated alkanes) is 1. The van der Waals surface area contributed by atoms with Gasteiger partial charge in [0.2, 0.25) is 0 Å². The number of carbonyl (C=O) groups excluding carboxylic acids is 1. The summed E-state index contributed by atoms with van der Waals surface area (Å²) in [6.07, 6.45) is 2.30. The van der Waals surface area contributed by atoms with Gasteiger partial charge in [0.25, 0.3) is 0 Å². The van der Waals surface area contributed by atoms with E-state index in [0.717, 1.165) is 46.3 Å². The largest absolute Gasteiger partial charge is 0.507 e. The van der Waals surface area contributed by atoms with Crippen molar-refractivity contribution in [3.63, 3.8) is 0 Å². The van der Waals surface area contributed by atoms with Gasteiger partial charge in [-0.05, 0) is 38.9 Å². The lowest BCUT2D eigenvalue weighted by atomic mass is 9.99. The molecule has 0 bridgehead atoms. The monoisotopic (exact) mass is 344 g/mol. The van der Waals surface area contributed by atoms with Crippen LogP contribution in [0, 0.1) is 6.92 Å². The molecule has 2 aromatic carbocycles. The van der Waals surface area contributed by atoms with E-state index in [0.29, 0.717) is 11.3 Å². The SMILES string of the molecule is CCCCNC1Sc2c(C)c(O)c3ccc(C(C)=O)cc3c2N1C. The first-order valence-electron chi connectivity index (χ1n) is 8.38. The minimum atomic E-state index is 0.0386. The zero-order chi connectivity index (χ0) is 17.4. The third-order valence-corrected chi connectivity index (χ3v) is 6.07. The van der Waals surface area contributed by atoms with Gasteiger partial charge >= 0.3 is 0 Å². The fraction of sp³-hybridized carbons (Fsp3) is 0.421. The topological polar surface area (TPSA) is 52.6 Å². The third kappa shape index (κ3) is 2.76. The molecule has 1 heterocycles. The van der Waals surface area contributed by atoms with Crippen LogP contribution in [-0.2, 0) is 0 Å². The van der Waals surface area contributed by atoms with Crippen molar-refractivity contribution in [2.75, 3.05) is 18.5 Å². The number of anilines is 1. The number of Topliss-reactive ketones (excluding diaryl/α,β-unsaturated/α-hetero) is 1. The molecule has 1 unspecified atom stereocenters. The van der Waals surface area contributed by atoms with Gasteiger partial charge in [0.1, 0.15) is 11.2 Å². The number of aromatic hydroxyl groups is 1. The molecule has 2 N–H and O–H groups in total. The Morgan fingerprint density at radius 3 is 2.79 bits per heavy atom. The molecule has 0 amide bonds. The molecule has 0 saturated carbocycles. The van der Waals surface area contributed by atoms with Crippen LogP contribution >= 0.6 is 11.8 Å². The lowest BCUT2D eigenvalue weighted by molar-refractivity contribution is 0.101. The third-order valence-electron chi connectivity index (χ3n) is 4.63. The van der Waals surface area contributed by atoms with Gasteiger partial charge in [-0.1, -0.05) is 31.2 Å². The van der Waals surface area contributed by atoms with E-state index in [1.807, 2.05) is 19.1 Å². The highest BCUT2D eigenvalue weighted by Crippen LogP contribution is 2.51. The Kier molecular flexibility index (Phi) is 4.74. The van der Waals surface area contributed by atoms with Gasteiger partial charge < -0.3 is 10.0 Å². The zero-order valence-electron chi connectivity index (χ0n) is 14.6. The molecule has 0 fully saturated rings. The minimum Gasteiger partial charge on any atom is -0.507 e. The van der Waals surface area contributed by atoms with Gasteiger partial charge in [-0.25, -0.2) is 0 Å². The summed E-state index contributed by atoms with van der Waals surface area (Å²) in [5.41, 5.74) is 2.83. The number of nitrogens with zero attached hydrogens (tertiary/aromatic N) is 1. The van der Waals surface area contributed by atoms with Crippen molar-refractivity contribution >= 4 is 34.0 Å². The molecule has 0 saturated heterocycles. The van der Waals surface area contributed by atoms with E-state index in [1.165, 1.54) is 0 Å². The van der Waals surface area contributed by atoms with Crippen LogP contribution in [0.2, 0.25) is 0 Å². The van der Waals surface area contributed by atoms with E-state index >= 15 is 0 Å². The molecule has 1 atom stereocenters. The molecular weight excluding hydrogens is 320 g/mol. The van der Waals surface area contributed by atoms with Gasteiger partial charge in [-0.3, -0.25) is 10.1 Å². The van der Waals surface area contributed by atoms with Crippen LogP contribution in [0.5, 0.6) is 5.75 Å². The lowest BCUT2D eigenvalue weighted by Gasteiger charge is -2.23. The predicted octanol–water partition coefficient (Wildman–Crippen LogP) is 4.27. The number of thioether (sulfide) groups is 1. The lowest BCUT2D eigenvalue weighted by Crippen LogP contribution is -2.38. The smallest absolute Gasteiger partial charge is 0.159 e. The predicted molar refractivity (Wildman–Crippen MR) is 101 cm³/mol. The number of carbonyl (C=O) groups is 1. The molecule has 0 spiro atoms. The van der Waals surface area contributed by atoms with Gasteiger partial charge in [-0.2, -0.15) is 0 Å². The average molecular weight is 344 g/mol. The average Bonchev–Trinajstić information content (AvgIpc) is 2.89. The second-order valence-electron chi connectivity index (χ2n) is 6.36. The summed E-state index contributed by atoms with van der Waals surface area (Å²) in [6, 6.07) is 5.54. The molecule has 1 aliphatic heterocycles. The zero-order valence-corrected chi connectivity index (χ0v) is 15.5. The number of benzene rings is 2. The molecular formula is C19H24N2O2S. The van der Waals surface area contributed by atoms with E-state index in [1.54, 1.807) is 24.8 Å². The van der Waals surface area contributed by atoms with Crippen LogP contribution in [0.15, 0.2) is 23.1 Å². The number of rotatable bonds is 5. The molecule has 0 radical (unpaired) electrons. The fourth-order valence-corrected chi connectivity index (χ4v) is 4.49. The second kappa shape index (κ2) is 6.65. The summed E-state index contributed by atoms with van der Waals surface area (Å²) in [6.45, 7) is 6.68. The van der Waals surface area contributed by atoms with Crippen LogP contribution < -0.4 is 10.2 Å². The molecule has 3 rings (SSSR count). The summed E-state index contributed by atoms with van der Waals surface area (Å²) in [5, 5.41) is 15.9. The number of phenolic OH excluding ortho intramolecular Hbond substituents is 1. The van der Waals surface area contributed by atoms with E-state index in [-0.39, 0.29) is 11.3 Å². The molecule has 5 heteroatoms. The molecule has 0 aromatic heterocycles. The molecule has 128 valence electrons. The van der Waals surface area contributed by atoms with Crippen LogP contribution in [0.3, 0.4) is 0 Å². The van der Waals surface area contributed by atoms with Crippen molar-refractivity contribution in [3.05, 3.63) is 29.3 Å². The Labute approximate surface area is 147 Å². The quantitative estimate of drug-likeness (QED) is 0.626. The Bertz CT molecular complexity index is 804. The van der Waals surface area contributed by atoms with Crippen molar-refractivity contribution in [3.8, 4) is 5.75 Å². The van der Waals surface area contributed by atoms with E-state index < -0.39 is 0 Å². The number of hydrogen-bond acceptors (Lipinski definition) is 5. The first-order valence-corrected chi connectivity index (χ1v) is 9.26. The van der Waals surface area contributed by atoms with E-state index in [9.17, 15) is 9.90 Å². The first kappa shape index (κ1) is 17.1. The molecule has 2 aromatic rings. The van der Waals surface area contributed by atoms with E-state index in [4.69, 9.17) is 0 Å². The summed E-state index contributed by atoms with van der Waals surface area (Å²) in [7, 11) is 2.07. The fourth-order valence-electron chi connectivity index (χ4n) is 3.16. The van der Waals surface area contributed by atoms with Crippen LogP contribution in [0.1, 0.15) is 42.6 Å². The van der Waals surface area contributed by atoms with Crippen molar-refractivity contribution in [1.82, 2.24) is 5.32 Å². The van der Waals surface area contributed by atoms with Crippen LogP contribution in [-0.4, -0.2) is 30.0 Å². The van der Waals surface area contributed by atoms with Gasteiger partial charge in [0, 0.05) is 33.8 Å². The second-order valence-corrected chi connectivity index (χ2v) is 7.45. The maximum Gasteiger partial charge on any atom is 0.159 e. The summed E-state index contributed by atoms with van der Waals surface area (Å²) in [4.78, 5) is 15.1. The Balaban J connectivity index is 2.11. The van der Waals surface area contributed by atoms with Crippen molar-refractivity contribution in [1.29, 1.82) is 0 Å². The maximum absolute atomic E-state index is 11.8. The number of fused-ring (bicyclic) bond motifs is 3. The number of ketones is 1. The highest BCUT2D eigenvalue weighted by molar-refractivity contribution is 8.00. The summed E-state index contributed by atoms with van der Waals surface area (Å²) >= 11 is 1.73. The normalized spacial score (nSPS) is 16.7. The Hall–Kier alpha value is -1.72. The van der Waals surface area contributed by atoms with Crippen molar-refractivity contribution in [2.45, 2.75) is 44.0 Å². The van der Waals surface area contributed by atoms with E-state index in [2.05, 4.69) is 24.2 Å². The molecule has 4 nitrogen and oxygen atoms in total. The van der Waals surface area contributed by atoms with Gasteiger partial charge in [0.05, 0.1) is 5.69 Å². The van der Waals surface area contributed by atoms with Crippen LogP contribution in [0.4, 0.5) is 5.69 Å². The van der Waals surface area contributed by atoms with Gasteiger partial charge in [-0.15, -0.1) is 0 Å². The highest BCUT2D eigenvalue weighted by atomic mass is 32.2. The molecule has 24 heavy (non-hydrogen) atoms. The summed E-state index contributed by atoms with van der Waals surface area (Å²) < 4.78 is 0. The number of phenols is 1. The highest BCUT2D eigenvalue weighted by Gasteiger charge is 2.32. The Morgan fingerprint density at radius 2 is 2.12 bits per heavy atom. The minimum absolute atomic E-state index is 0.0386. The molecule has 1 aliphatic rings. The Morgan fingerprint density at radius 1 is 1.38 bits per heavy atom. The van der Waals surface area contributed by atoms with Crippen LogP contribution in [0.25, 0.3) is 10.8 Å². The number of hydrogen-bond donors (Lipinski definition) is 2. The standard InChI is InChI=1S/C19H24N2O2S/c1-5-6-9-20-19-21(4)16-15-10-13(12(3)22)7-8-14(15)17(23)11(2)18(16)24-19/h7-8,10,19-20,23H,5-6,9H2,1-4H3. The maximum atomic E-state index is 11.8. The molecule has 0 aliphatic carbocycles.